The molecule has 0 aliphatic carbocycles. The maximum atomic E-state index is 11.7. The summed E-state index contributed by atoms with van der Waals surface area (Å²) in [5.41, 5.74) is 2.48. The molecule has 1 aromatic rings. The number of aliphatic carboxylic acids is 1. The first-order valence-corrected chi connectivity index (χ1v) is 6.51. The minimum Gasteiger partial charge on any atom is -0.479 e. The SMILES string of the molecule is Cc1cc(C)cc(C(NC(=O)COC(C)C)C(=O)O)c1. The molecule has 0 saturated heterocycles. The zero-order chi connectivity index (χ0) is 15.3. The summed E-state index contributed by atoms with van der Waals surface area (Å²) in [6.45, 7) is 7.25. The summed E-state index contributed by atoms with van der Waals surface area (Å²) in [6.07, 6.45) is -0.0785. The highest BCUT2D eigenvalue weighted by Gasteiger charge is 2.22. The zero-order valence-electron chi connectivity index (χ0n) is 12.3. The van der Waals surface area contributed by atoms with E-state index < -0.39 is 17.9 Å². The van der Waals surface area contributed by atoms with Crippen LogP contribution in [0.15, 0.2) is 18.2 Å². The van der Waals surface area contributed by atoms with Crippen LogP contribution in [0.5, 0.6) is 0 Å². The summed E-state index contributed by atoms with van der Waals surface area (Å²) in [4.78, 5) is 23.0. The summed E-state index contributed by atoms with van der Waals surface area (Å²) >= 11 is 0. The van der Waals surface area contributed by atoms with Crippen molar-refractivity contribution in [2.24, 2.45) is 0 Å². The Morgan fingerprint density at radius 3 is 2.20 bits per heavy atom. The van der Waals surface area contributed by atoms with Crippen LogP contribution in [0.2, 0.25) is 0 Å². The lowest BCUT2D eigenvalue weighted by molar-refractivity contribution is -0.143. The lowest BCUT2D eigenvalue weighted by Gasteiger charge is -2.17. The van der Waals surface area contributed by atoms with Crippen LogP contribution in [0.25, 0.3) is 0 Å². The summed E-state index contributed by atoms with van der Waals surface area (Å²) in [7, 11) is 0. The van der Waals surface area contributed by atoms with Crippen LogP contribution in [0, 0.1) is 13.8 Å². The third-order valence-corrected chi connectivity index (χ3v) is 2.68. The third-order valence-electron chi connectivity index (χ3n) is 2.68. The Labute approximate surface area is 118 Å². The molecule has 20 heavy (non-hydrogen) atoms. The topological polar surface area (TPSA) is 75.6 Å². The number of carboxylic acids is 1. The van der Waals surface area contributed by atoms with Crippen LogP contribution in [0.1, 0.15) is 36.6 Å². The van der Waals surface area contributed by atoms with E-state index >= 15 is 0 Å². The molecule has 110 valence electrons. The van der Waals surface area contributed by atoms with E-state index in [9.17, 15) is 14.7 Å². The van der Waals surface area contributed by atoms with Crippen LogP contribution in [-0.4, -0.2) is 29.7 Å². The average Bonchev–Trinajstić information content (AvgIpc) is 2.31. The van der Waals surface area contributed by atoms with Crippen LogP contribution < -0.4 is 5.32 Å². The molecule has 0 spiro atoms. The van der Waals surface area contributed by atoms with Crippen molar-refractivity contribution in [3.05, 3.63) is 34.9 Å². The number of hydrogen-bond donors (Lipinski definition) is 2. The molecule has 1 aromatic carbocycles. The largest absolute Gasteiger partial charge is 0.479 e. The fraction of sp³-hybridized carbons (Fsp3) is 0.467. The minimum atomic E-state index is -1.09. The highest BCUT2D eigenvalue weighted by Crippen LogP contribution is 2.17. The van der Waals surface area contributed by atoms with E-state index in [1.54, 1.807) is 12.1 Å². The molecule has 0 radical (unpaired) electrons. The van der Waals surface area contributed by atoms with Gasteiger partial charge in [-0.15, -0.1) is 0 Å². The predicted octanol–water partition coefficient (Wildman–Crippen LogP) is 1.97. The molecule has 0 bridgehead atoms. The normalized spacial score (nSPS) is 12.2. The van der Waals surface area contributed by atoms with Crippen molar-refractivity contribution in [1.29, 1.82) is 0 Å². The van der Waals surface area contributed by atoms with Gasteiger partial charge >= 0.3 is 5.97 Å². The Hall–Kier alpha value is -1.88. The number of amides is 1. The van der Waals surface area contributed by atoms with Gasteiger partial charge in [0.1, 0.15) is 6.61 Å². The fourth-order valence-corrected chi connectivity index (χ4v) is 1.91. The number of benzene rings is 1. The number of hydrogen-bond acceptors (Lipinski definition) is 3. The van der Waals surface area contributed by atoms with Gasteiger partial charge in [0.15, 0.2) is 6.04 Å². The van der Waals surface area contributed by atoms with Gasteiger partial charge in [0, 0.05) is 0 Å². The molecule has 0 fully saturated rings. The number of carbonyl (C=O) groups excluding carboxylic acids is 1. The van der Waals surface area contributed by atoms with Crippen LogP contribution >= 0.6 is 0 Å². The van der Waals surface area contributed by atoms with Crippen LogP contribution in [0.4, 0.5) is 0 Å². The van der Waals surface area contributed by atoms with Gasteiger partial charge in [-0.1, -0.05) is 29.3 Å². The van der Waals surface area contributed by atoms with Gasteiger partial charge in [-0.2, -0.15) is 0 Å². The molecule has 5 heteroatoms. The van der Waals surface area contributed by atoms with Crippen molar-refractivity contribution < 1.29 is 19.4 Å². The number of ether oxygens (including phenoxy) is 1. The Kier molecular flexibility index (Phi) is 5.70. The predicted molar refractivity (Wildman–Crippen MR) is 75.5 cm³/mol. The number of aryl methyl sites for hydroxylation is 2. The smallest absolute Gasteiger partial charge is 0.330 e. The van der Waals surface area contributed by atoms with Gasteiger partial charge < -0.3 is 15.2 Å². The Bertz CT molecular complexity index is 476. The van der Waals surface area contributed by atoms with Crippen molar-refractivity contribution in [2.45, 2.75) is 39.8 Å². The van der Waals surface area contributed by atoms with Gasteiger partial charge in [0.25, 0.3) is 0 Å². The van der Waals surface area contributed by atoms with Gasteiger partial charge in [0.05, 0.1) is 6.10 Å². The van der Waals surface area contributed by atoms with E-state index in [0.717, 1.165) is 11.1 Å². The second-order valence-electron chi connectivity index (χ2n) is 5.12. The Morgan fingerprint density at radius 2 is 1.75 bits per heavy atom. The molecule has 0 aliphatic rings. The molecule has 5 nitrogen and oxygen atoms in total. The minimum absolute atomic E-state index is 0.0785. The molecule has 0 saturated carbocycles. The zero-order valence-corrected chi connectivity index (χ0v) is 12.3. The standard InChI is InChI=1S/C15H21NO4/c1-9(2)20-8-13(17)16-14(15(18)19)12-6-10(3)5-11(4)7-12/h5-7,9,14H,8H2,1-4H3,(H,16,17)(H,18,19). The van der Waals surface area contributed by atoms with E-state index in [2.05, 4.69) is 5.32 Å². The summed E-state index contributed by atoms with van der Waals surface area (Å²) in [5, 5.41) is 11.8. The second kappa shape index (κ2) is 7.05. The van der Waals surface area contributed by atoms with Crippen LogP contribution in [0.3, 0.4) is 0 Å². The van der Waals surface area contributed by atoms with Crippen LogP contribution in [-0.2, 0) is 14.3 Å². The van der Waals surface area contributed by atoms with E-state index in [-0.39, 0.29) is 12.7 Å². The quantitative estimate of drug-likeness (QED) is 0.834. The highest BCUT2D eigenvalue weighted by atomic mass is 16.5. The van der Waals surface area contributed by atoms with E-state index in [4.69, 9.17) is 4.74 Å². The van der Waals surface area contributed by atoms with E-state index in [1.165, 1.54) is 0 Å². The molecule has 1 atom stereocenters. The Morgan fingerprint density at radius 1 is 1.20 bits per heavy atom. The molecular weight excluding hydrogens is 258 g/mol. The van der Waals surface area contributed by atoms with Crippen molar-refractivity contribution in [3.63, 3.8) is 0 Å². The number of nitrogens with one attached hydrogen (secondary N) is 1. The average molecular weight is 279 g/mol. The first-order chi connectivity index (χ1) is 9.29. The number of rotatable bonds is 6. The van der Waals surface area contributed by atoms with E-state index in [1.807, 2.05) is 33.8 Å². The highest BCUT2D eigenvalue weighted by molar-refractivity contribution is 5.85. The van der Waals surface area contributed by atoms with Crippen molar-refractivity contribution in [1.82, 2.24) is 5.32 Å². The van der Waals surface area contributed by atoms with Gasteiger partial charge in [-0.25, -0.2) is 4.79 Å². The van der Waals surface area contributed by atoms with Crippen molar-refractivity contribution in [2.75, 3.05) is 6.61 Å². The number of carboxylic acid groups (broad SMARTS) is 1. The lowest BCUT2D eigenvalue weighted by Crippen LogP contribution is -2.36. The monoisotopic (exact) mass is 279 g/mol. The summed E-state index contributed by atoms with van der Waals surface area (Å²) < 4.78 is 5.16. The maximum absolute atomic E-state index is 11.7. The van der Waals surface area contributed by atoms with Gasteiger partial charge in [-0.3, -0.25) is 4.79 Å². The molecule has 1 unspecified atom stereocenters. The summed E-state index contributed by atoms with van der Waals surface area (Å²) in [5.74, 6) is -1.53. The van der Waals surface area contributed by atoms with E-state index in [0.29, 0.717) is 5.56 Å². The summed E-state index contributed by atoms with van der Waals surface area (Å²) in [6, 6.07) is 4.41. The van der Waals surface area contributed by atoms with Crippen molar-refractivity contribution >= 4 is 11.9 Å². The molecule has 0 heterocycles. The third kappa shape index (κ3) is 5.01. The molecule has 0 aromatic heterocycles. The molecule has 1 rings (SSSR count). The fourth-order valence-electron chi connectivity index (χ4n) is 1.91. The molecule has 1 amide bonds. The molecule has 0 aliphatic heterocycles. The van der Waals surface area contributed by atoms with Gasteiger partial charge in [-0.05, 0) is 33.3 Å². The number of carbonyl (C=O) groups is 2. The molecule has 2 N–H and O–H groups in total. The first-order valence-electron chi connectivity index (χ1n) is 6.51. The second-order valence-corrected chi connectivity index (χ2v) is 5.12. The first kappa shape index (κ1) is 16.2. The molecular formula is C15H21NO4. The Balaban J connectivity index is 2.84. The van der Waals surface area contributed by atoms with Crippen molar-refractivity contribution in [3.8, 4) is 0 Å². The lowest BCUT2D eigenvalue weighted by atomic mass is 10.0. The maximum Gasteiger partial charge on any atom is 0.330 e. The van der Waals surface area contributed by atoms with Gasteiger partial charge in [0.2, 0.25) is 5.91 Å².